The van der Waals surface area contributed by atoms with Crippen LogP contribution in [-0.2, 0) is 13.2 Å². The van der Waals surface area contributed by atoms with Crippen molar-refractivity contribution in [1.82, 2.24) is 5.32 Å². The van der Waals surface area contributed by atoms with E-state index in [9.17, 15) is 10.1 Å². The van der Waals surface area contributed by atoms with Crippen LogP contribution in [0.5, 0.6) is 5.75 Å². The molecule has 0 fully saturated rings. The maximum Gasteiger partial charge on any atom is 0.271 e. The molecule has 0 bridgehead atoms. The number of hydrogen-bond donors (Lipinski definition) is 2. The summed E-state index contributed by atoms with van der Waals surface area (Å²) in [6.07, 6.45) is 0. The summed E-state index contributed by atoms with van der Waals surface area (Å²) in [5.74, 6) is 0.694. The third kappa shape index (κ3) is 8.10. The second-order valence-electron chi connectivity index (χ2n) is 6.80. The Morgan fingerprint density at radius 2 is 1.58 bits per heavy atom. The fourth-order valence-corrected chi connectivity index (χ4v) is 3.79. The third-order valence-corrected chi connectivity index (χ3v) is 5.65. The summed E-state index contributed by atoms with van der Waals surface area (Å²) in [7, 11) is 0. The molecular formula is C22H20Cl5N3O3. The lowest BCUT2D eigenvalue weighted by atomic mass is 10.2. The molecule has 0 heterocycles. The molecule has 0 unspecified atom stereocenters. The number of benzene rings is 3. The normalized spacial score (nSPS) is 10.4. The van der Waals surface area contributed by atoms with Gasteiger partial charge in [0, 0.05) is 58.0 Å². The first-order valence-corrected chi connectivity index (χ1v) is 11.1. The number of halogens is 5. The minimum Gasteiger partial charge on any atom is -0.489 e. The zero-order chi connectivity index (χ0) is 23.1. The summed E-state index contributed by atoms with van der Waals surface area (Å²) in [5, 5.41) is 19.3. The molecule has 0 amide bonds. The van der Waals surface area contributed by atoms with Crippen molar-refractivity contribution < 1.29 is 9.66 Å². The van der Waals surface area contributed by atoms with Gasteiger partial charge in [-0.15, -0.1) is 12.4 Å². The van der Waals surface area contributed by atoms with Crippen molar-refractivity contribution in [3.05, 3.63) is 95.9 Å². The van der Waals surface area contributed by atoms with Crippen molar-refractivity contribution in [2.75, 3.05) is 18.4 Å². The number of nitrogens with zero attached hydrogens (tertiary/aromatic N) is 1. The van der Waals surface area contributed by atoms with E-state index < -0.39 is 4.92 Å². The fourth-order valence-electron chi connectivity index (χ4n) is 2.89. The molecule has 33 heavy (non-hydrogen) atoms. The minimum absolute atomic E-state index is 0. The summed E-state index contributed by atoms with van der Waals surface area (Å²) in [5.41, 5.74) is 2.31. The number of non-ortho nitro benzene ring substituents is 1. The van der Waals surface area contributed by atoms with E-state index in [0.717, 1.165) is 11.1 Å². The topological polar surface area (TPSA) is 76.4 Å². The molecule has 6 nitrogen and oxygen atoms in total. The highest BCUT2D eigenvalue weighted by atomic mass is 35.5. The maximum absolute atomic E-state index is 10.8. The Morgan fingerprint density at radius 1 is 0.848 bits per heavy atom. The molecule has 176 valence electrons. The molecule has 0 aliphatic heterocycles. The molecule has 0 aromatic heterocycles. The number of anilines is 1. The van der Waals surface area contributed by atoms with Gasteiger partial charge in [-0.05, 0) is 36.4 Å². The van der Waals surface area contributed by atoms with Gasteiger partial charge in [0.25, 0.3) is 5.69 Å². The van der Waals surface area contributed by atoms with Crippen LogP contribution < -0.4 is 15.4 Å². The van der Waals surface area contributed by atoms with Crippen LogP contribution in [0.1, 0.15) is 11.1 Å². The van der Waals surface area contributed by atoms with E-state index >= 15 is 0 Å². The molecule has 0 radical (unpaired) electrons. The summed E-state index contributed by atoms with van der Waals surface area (Å²) in [4.78, 5) is 10.3. The fraction of sp³-hybridized carbons (Fsp3) is 0.182. The number of ether oxygens (including phenoxy) is 1. The standard InChI is InChI=1S/C22H19Cl4N3O3.ClH/c23-16-3-6-22(32-13-14-1-2-17(24)10-19(14)25)15(9-16)12-27-7-8-28-21-5-4-18(29(30)31)11-20(21)26;/h1-6,9-11,27-28H,7-8,12-13H2;1H. The molecule has 11 heteroatoms. The zero-order valence-corrected chi connectivity index (χ0v) is 21.0. The molecule has 0 aliphatic rings. The molecule has 2 N–H and O–H groups in total. The van der Waals surface area contributed by atoms with E-state index in [0.29, 0.717) is 57.8 Å². The van der Waals surface area contributed by atoms with Crippen LogP contribution in [0.4, 0.5) is 11.4 Å². The number of nitrogens with one attached hydrogen (secondary N) is 2. The van der Waals surface area contributed by atoms with Crippen molar-refractivity contribution >= 4 is 70.2 Å². The van der Waals surface area contributed by atoms with E-state index in [1.54, 1.807) is 24.3 Å². The molecular weight excluding hydrogens is 532 g/mol. The molecule has 3 aromatic carbocycles. The van der Waals surface area contributed by atoms with Crippen LogP contribution in [0.3, 0.4) is 0 Å². The third-order valence-electron chi connectivity index (χ3n) is 4.52. The van der Waals surface area contributed by atoms with Gasteiger partial charge in [-0.2, -0.15) is 0 Å². The van der Waals surface area contributed by atoms with Gasteiger partial charge in [0.2, 0.25) is 0 Å². The SMILES string of the molecule is Cl.O=[N+]([O-])c1ccc(NCCNCc2cc(Cl)ccc2OCc2ccc(Cl)cc2Cl)c(Cl)c1. The Hall–Kier alpha value is -1.93. The Labute approximate surface area is 217 Å². The first-order chi connectivity index (χ1) is 15.3. The number of nitro benzene ring substituents is 1. The largest absolute Gasteiger partial charge is 0.489 e. The molecule has 0 aliphatic carbocycles. The van der Waals surface area contributed by atoms with E-state index in [2.05, 4.69) is 10.6 Å². The monoisotopic (exact) mass is 549 g/mol. The number of rotatable bonds is 10. The Morgan fingerprint density at radius 3 is 2.27 bits per heavy atom. The molecule has 0 spiro atoms. The molecule has 0 atom stereocenters. The van der Waals surface area contributed by atoms with Crippen LogP contribution in [0.2, 0.25) is 20.1 Å². The second-order valence-corrected chi connectivity index (χ2v) is 8.49. The van der Waals surface area contributed by atoms with Crippen LogP contribution in [0.25, 0.3) is 0 Å². The highest BCUT2D eigenvalue weighted by Gasteiger charge is 2.10. The average Bonchev–Trinajstić information content (AvgIpc) is 2.74. The molecule has 3 aromatic rings. The van der Waals surface area contributed by atoms with Crippen molar-refractivity contribution in [2.24, 2.45) is 0 Å². The van der Waals surface area contributed by atoms with E-state index in [4.69, 9.17) is 51.1 Å². The van der Waals surface area contributed by atoms with Gasteiger partial charge in [0.15, 0.2) is 0 Å². The Bertz CT molecular complexity index is 1110. The zero-order valence-electron chi connectivity index (χ0n) is 17.1. The van der Waals surface area contributed by atoms with E-state index in [1.807, 2.05) is 18.2 Å². The van der Waals surface area contributed by atoms with Crippen molar-refractivity contribution in [3.63, 3.8) is 0 Å². The lowest BCUT2D eigenvalue weighted by molar-refractivity contribution is -0.384. The summed E-state index contributed by atoms with van der Waals surface area (Å²) < 4.78 is 5.96. The smallest absolute Gasteiger partial charge is 0.271 e. The minimum atomic E-state index is -0.483. The van der Waals surface area contributed by atoms with Crippen LogP contribution in [-0.4, -0.2) is 18.0 Å². The maximum atomic E-state index is 10.8. The van der Waals surface area contributed by atoms with Crippen molar-refractivity contribution in [3.8, 4) is 5.75 Å². The molecule has 3 rings (SSSR count). The first-order valence-electron chi connectivity index (χ1n) is 9.57. The predicted octanol–water partition coefficient (Wildman–Crippen LogP) is 7.41. The van der Waals surface area contributed by atoms with Crippen LogP contribution >= 0.6 is 58.8 Å². The predicted molar refractivity (Wildman–Crippen MR) is 138 cm³/mol. The van der Waals surface area contributed by atoms with Gasteiger partial charge in [-0.25, -0.2) is 0 Å². The van der Waals surface area contributed by atoms with Gasteiger partial charge in [0.1, 0.15) is 12.4 Å². The summed E-state index contributed by atoms with van der Waals surface area (Å²) in [6, 6.07) is 15.0. The van der Waals surface area contributed by atoms with Gasteiger partial charge in [-0.3, -0.25) is 10.1 Å². The molecule has 0 saturated carbocycles. The first kappa shape index (κ1) is 27.3. The highest BCUT2D eigenvalue weighted by molar-refractivity contribution is 6.35. The molecule has 0 saturated heterocycles. The Kier molecular flexibility index (Phi) is 10.8. The number of nitro groups is 1. The van der Waals surface area contributed by atoms with Crippen molar-refractivity contribution in [2.45, 2.75) is 13.2 Å². The van der Waals surface area contributed by atoms with Crippen LogP contribution in [0.15, 0.2) is 54.6 Å². The number of hydrogen-bond acceptors (Lipinski definition) is 5. The lowest BCUT2D eigenvalue weighted by Gasteiger charge is -2.14. The average molecular weight is 552 g/mol. The van der Waals surface area contributed by atoms with Gasteiger partial charge >= 0.3 is 0 Å². The van der Waals surface area contributed by atoms with Gasteiger partial charge in [-0.1, -0.05) is 52.5 Å². The second kappa shape index (κ2) is 13.1. The lowest BCUT2D eigenvalue weighted by Crippen LogP contribution is -2.22. The van der Waals surface area contributed by atoms with Crippen LogP contribution in [0, 0.1) is 10.1 Å². The van der Waals surface area contributed by atoms with E-state index in [-0.39, 0.29) is 18.1 Å². The Balaban J connectivity index is 0.00000385. The van der Waals surface area contributed by atoms with E-state index in [1.165, 1.54) is 12.1 Å². The quantitative estimate of drug-likeness (QED) is 0.156. The summed E-state index contributed by atoms with van der Waals surface area (Å²) >= 11 is 24.4. The van der Waals surface area contributed by atoms with Crippen molar-refractivity contribution in [1.29, 1.82) is 0 Å². The highest BCUT2D eigenvalue weighted by Crippen LogP contribution is 2.27. The van der Waals surface area contributed by atoms with Gasteiger partial charge in [0.05, 0.1) is 15.6 Å². The summed E-state index contributed by atoms with van der Waals surface area (Å²) in [6.45, 7) is 2.00. The van der Waals surface area contributed by atoms with Gasteiger partial charge < -0.3 is 15.4 Å².